The highest BCUT2D eigenvalue weighted by atomic mass is 32.2. The fourth-order valence-corrected chi connectivity index (χ4v) is 2.13. The first-order chi connectivity index (χ1) is 6.99. The molecule has 92 valence electrons. The van der Waals surface area contributed by atoms with Crippen LogP contribution >= 0.6 is 11.8 Å². The summed E-state index contributed by atoms with van der Waals surface area (Å²) in [5.41, 5.74) is 6.13. The van der Waals surface area contributed by atoms with Crippen LogP contribution in [0.25, 0.3) is 0 Å². The zero-order valence-corrected chi connectivity index (χ0v) is 11.9. The number of nitrogens with two attached hydrogens (primary N) is 1. The van der Waals surface area contributed by atoms with E-state index in [0.717, 1.165) is 6.54 Å². The fraction of sp³-hybridized carbons (Fsp3) is 1.00. The molecule has 2 nitrogen and oxygen atoms in total. The summed E-state index contributed by atoms with van der Waals surface area (Å²) < 4.78 is 0. The molecule has 0 spiro atoms. The molecule has 0 aromatic heterocycles. The SMILES string of the molecule is CCC(C)(C)N(C)C(CN)CCCSC. The van der Waals surface area contributed by atoms with Crippen LogP contribution in [0.4, 0.5) is 0 Å². The van der Waals surface area contributed by atoms with E-state index in [1.54, 1.807) is 0 Å². The number of hydrogen-bond acceptors (Lipinski definition) is 3. The van der Waals surface area contributed by atoms with Crippen molar-refractivity contribution in [3.63, 3.8) is 0 Å². The molecule has 0 amide bonds. The maximum atomic E-state index is 5.86. The molecule has 0 rings (SSSR count). The van der Waals surface area contributed by atoms with Gasteiger partial charge in [0.25, 0.3) is 0 Å². The van der Waals surface area contributed by atoms with Crippen LogP contribution in [0.1, 0.15) is 40.0 Å². The van der Waals surface area contributed by atoms with Gasteiger partial charge in [0.05, 0.1) is 0 Å². The third kappa shape index (κ3) is 5.23. The number of thioether (sulfide) groups is 1. The van der Waals surface area contributed by atoms with Gasteiger partial charge in [-0.25, -0.2) is 0 Å². The summed E-state index contributed by atoms with van der Waals surface area (Å²) in [6.07, 6.45) is 5.82. The first-order valence-electron chi connectivity index (χ1n) is 5.91. The molecule has 0 fully saturated rings. The van der Waals surface area contributed by atoms with Gasteiger partial charge < -0.3 is 5.73 Å². The lowest BCUT2D eigenvalue weighted by Crippen LogP contribution is -2.50. The molecule has 0 aliphatic heterocycles. The summed E-state index contributed by atoms with van der Waals surface area (Å²) >= 11 is 1.92. The highest BCUT2D eigenvalue weighted by Gasteiger charge is 2.26. The van der Waals surface area contributed by atoms with E-state index in [1.165, 1.54) is 25.0 Å². The van der Waals surface area contributed by atoms with Crippen LogP contribution in [0, 0.1) is 0 Å². The Labute approximate surface area is 100.0 Å². The molecule has 1 atom stereocenters. The molecule has 0 bridgehead atoms. The van der Waals surface area contributed by atoms with E-state index >= 15 is 0 Å². The fourth-order valence-electron chi connectivity index (χ4n) is 1.68. The Kier molecular flexibility index (Phi) is 7.66. The second-order valence-electron chi connectivity index (χ2n) is 4.80. The normalized spacial score (nSPS) is 14.6. The van der Waals surface area contributed by atoms with Crippen molar-refractivity contribution in [2.75, 3.05) is 25.6 Å². The largest absolute Gasteiger partial charge is 0.329 e. The zero-order chi connectivity index (χ0) is 11.9. The van der Waals surface area contributed by atoms with Crippen molar-refractivity contribution in [1.82, 2.24) is 4.90 Å². The van der Waals surface area contributed by atoms with Crippen molar-refractivity contribution in [2.24, 2.45) is 5.73 Å². The second-order valence-corrected chi connectivity index (χ2v) is 5.79. The number of likely N-dealkylation sites (N-methyl/N-ethyl adjacent to an activating group) is 1. The average molecular weight is 232 g/mol. The molecule has 0 radical (unpaired) electrons. The molecule has 0 aromatic rings. The zero-order valence-electron chi connectivity index (χ0n) is 11.0. The van der Waals surface area contributed by atoms with Gasteiger partial charge in [-0.05, 0) is 52.2 Å². The van der Waals surface area contributed by atoms with Gasteiger partial charge in [0, 0.05) is 18.1 Å². The Morgan fingerprint density at radius 2 is 2.00 bits per heavy atom. The lowest BCUT2D eigenvalue weighted by atomic mass is 9.96. The van der Waals surface area contributed by atoms with Crippen LogP contribution in [0.2, 0.25) is 0 Å². The Morgan fingerprint density at radius 1 is 1.40 bits per heavy atom. The topological polar surface area (TPSA) is 29.3 Å². The summed E-state index contributed by atoms with van der Waals surface area (Å²) in [7, 11) is 2.21. The number of nitrogens with zero attached hydrogens (tertiary/aromatic N) is 1. The minimum absolute atomic E-state index is 0.267. The molecule has 0 aromatic carbocycles. The van der Waals surface area contributed by atoms with E-state index in [1.807, 2.05) is 11.8 Å². The van der Waals surface area contributed by atoms with Crippen LogP contribution in [0.5, 0.6) is 0 Å². The molecule has 15 heavy (non-hydrogen) atoms. The Balaban J connectivity index is 4.15. The summed E-state index contributed by atoms with van der Waals surface area (Å²) in [4.78, 5) is 2.45. The Hall–Kier alpha value is 0.270. The summed E-state index contributed by atoms with van der Waals surface area (Å²) in [5, 5.41) is 0. The molecule has 0 saturated carbocycles. The van der Waals surface area contributed by atoms with Gasteiger partial charge in [0.2, 0.25) is 0 Å². The molecule has 2 N–H and O–H groups in total. The van der Waals surface area contributed by atoms with Crippen molar-refractivity contribution in [2.45, 2.75) is 51.6 Å². The van der Waals surface area contributed by atoms with E-state index in [-0.39, 0.29) is 5.54 Å². The minimum Gasteiger partial charge on any atom is -0.329 e. The van der Waals surface area contributed by atoms with Crippen LogP contribution in [-0.2, 0) is 0 Å². The predicted molar refractivity (Wildman–Crippen MR) is 72.6 cm³/mol. The van der Waals surface area contributed by atoms with Gasteiger partial charge in [0.1, 0.15) is 0 Å². The molecular formula is C12H28N2S. The Morgan fingerprint density at radius 3 is 2.40 bits per heavy atom. The average Bonchev–Trinajstić information content (AvgIpc) is 2.23. The van der Waals surface area contributed by atoms with Crippen LogP contribution in [0.15, 0.2) is 0 Å². The summed E-state index contributed by atoms with van der Waals surface area (Å²) in [6, 6.07) is 0.534. The van der Waals surface area contributed by atoms with Gasteiger partial charge in [-0.1, -0.05) is 6.92 Å². The molecule has 1 unspecified atom stereocenters. The lowest BCUT2D eigenvalue weighted by Gasteiger charge is -2.40. The predicted octanol–water partition coefficient (Wildman–Crippen LogP) is 2.58. The summed E-state index contributed by atoms with van der Waals surface area (Å²) in [5.74, 6) is 1.25. The molecule has 0 heterocycles. The quantitative estimate of drug-likeness (QED) is 0.652. The van der Waals surface area contributed by atoms with Crippen molar-refractivity contribution in [3.8, 4) is 0 Å². The van der Waals surface area contributed by atoms with Gasteiger partial charge in [-0.15, -0.1) is 0 Å². The monoisotopic (exact) mass is 232 g/mol. The van der Waals surface area contributed by atoms with Gasteiger partial charge >= 0.3 is 0 Å². The highest BCUT2D eigenvalue weighted by Crippen LogP contribution is 2.21. The number of rotatable bonds is 8. The molecule has 3 heteroatoms. The third-order valence-electron chi connectivity index (χ3n) is 3.53. The van der Waals surface area contributed by atoms with Crippen LogP contribution < -0.4 is 5.73 Å². The first kappa shape index (κ1) is 15.3. The van der Waals surface area contributed by atoms with Crippen molar-refractivity contribution in [1.29, 1.82) is 0 Å². The molecule has 0 saturated heterocycles. The lowest BCUT2D eigenvalue weighted by molar-refractivity contribution is 0.0953. The Bertz CT molecular complexity index is 160. The van der Waals surface area contributed by atoms with E-state index in [2.05, 4.69) is 39.0 Å². The minimum atomic E-state index is 0.267. The van der Waals surface area contributed by atoms with Gasteiger partial charge in [-0.3, -0.25) is 4.90 Å². The standard InChI is InChI=1S/C12H28N2S/c1-6-12(2,3)14(4)11(10-13)8-7-9-15-5/h11H,6-10,13H2,1-5H3. The van der Waals surface area contributed by atoms with E-state index in [9.17, 15) is 0 Å². The number of hydrogen-bond donors (Lipinski definition) is 1. The maximum absolute atomic E-state index is 5.86. The van der Waals surface area contributed by atoms with Crippen molar-refractivity contribution in [3.05, 3.63) is 0 Å². The maximum Gasteiger partial charge on any atom is 0.0220 e. The highest BCUT2D eigenvalue weighted by molar-refractivity contribution is 7.98. The smallest absolute Gasteiger partial charge is 0.0220 e. The summed E-state index contributed by atoms with van der Waals surface area (Å²) in [6.45, 7) is 7.61. The molecule has 0 aliphatic carbocycles. The second kappa shape index (κ2) is 7.53. The van der Waals surface area contributed by atoms with Crippen LogP contribution in [-0.4, -0.2) is 42.1 Å². The van der Waals surface area contributed by atoms with E-state index in [4.69, 9.17) is 5.73 Å². The van der Waals surface area contributed by atoms with Crippen molar-refractivity contribution < 1.29 is 0 Å². The van der Waals surface area contributed by atoms with E-state index in [0.29, 0.717) is 6.04 Å². The van der Waals surface area contributed by atoms with E-state index < -0.39 is 0 Å². The third-order valence-corrected chi connectivity index (χ3v) is 4.22. The van der Waals surface area contributed by atoms with Gasteiger partial charge in [-0.2, -0.15) is 11.8 Å². The first-order valence-corrected chi connectivity index (χ1v) is 7.31. The van der Waals surface area contributed by atoms with Crippen LogP contribution in [0.3, 0.4) is 0 Å². The molecular weight excluding hydrogens is 204 g/mol. The van der Waals surface area contributed by atoms with Gasteiger partial charge in [0.15, 0.2) is 0 Å². The van der Waals surface area contributed by atoms with Crippen molar-refractivity contribution >= 4 is 11.8 Å². The molecule has 0 aliphatic rings.